The molecule has 0 bridgehead atoms. The Morgan fingerprint density at radius 1 is 1.11 bits per heavy atom. The van der Waals surface area contributed by atoms with Gasteiger partial charge in [-0.3, -0.25) is 4.79 Å². The number of allylic oxidation sites excluding steroid dienone is 1. The standard InChI is InChI=1S/C15H11BrO2/c16-13-3-1-2-12(10-13)15(18)9-6-11-4-7-14(17)8-5-11/h1-10,17H/b9-6+. The minimum Gasteiger partial charge on any atom is -0.508 e. The van der Waals surface area contributed by atoms with Gasteiger partial charge in [-0.1, -0.05) is 46.3 Å². The second kappa shape index (κ2) is 5.65. The number of carbonyl (C=O) groups excluding carboxylic acids is 1. The molecule has 18 heavy (non-hydrogen) atoms. The number of phenolic OH excluding ortho intramolecular Hbond substituents is 1. The summed E-state index contributed by atoms with van der Waals surface area (Å²) in [6, 6.07) is 13.9. The summed E-state index contributed by atoms with van der Waals surface area (Å²) in [4.78, 5) is 11.9. The van der Waals surface area contributed by atoms with Gasteiger partial charge in [0.25, 0.3) is 0 Å². The van der Waals surface area contributed by atoms with Crippen molar-refractivity contribution >= 4 is 27.8 Å². The Morgan fingerprint density at radius 3 is 2.50 bits per heavy atom. The Morgan fingerprint density at radius 2 is 1.83 bits per heavy atom. The summed E-state index contributed by atoms with van der Waals surface area (Å²) < 4.78 is 0.881. The van der Waals surface area contributed by atoms with Crippen molar-refractivity contribution in [3.05, 3.63) is 70.2 Å². The molecule has 2 aromatic rings. The van der Waals surface area contributed by atoms with E-state index in [1.54, 1.807) is 42.5 Å². The van der Waals surface area contributed by atoms with Crippen molar-refractivity contribution < 1.29 is 9.90 Å². The van der Waals surface area contributed by atoms with Crippen LogP contribution in [-0.4, -0.2) is 10.9 Å². The lowest BCUT2D eigenvalue weighted by atomic mass is 10.1. The largest absolute Gasteiger partial charge is 0.508 e. The van der Waals surface area contributed by atoms with Gasteiger partial charge >= 0.3 is 0 Å². The highest BCUT2D eigenvalue weighted by molar-refractivity contribution is 9.10. The van der Waals surface area contributed by atoms with Crippen molar-refractivity contribution in [3.8, 4) is 5.75 Å². The predicted molar refractivity (Wildman–Crippen MR) is 75.6 cm³/mol. The highest BCUT2D eigenvalue weighted by Crippen LogP contribution is 2.14. The van der Waals surface area contributed by atoms with E-state index < -0.39 is 0 Å². The number of halogens is 1. The Hall–Kier alpha value is -1.87. The molecule has 0 heterocycles. The highest BCUT2D eigenvalue weighted by atomic mass is 79.9. The van der Waals surface area contributed by atoms with Crippen LogP contribution in [0.15, 0.2) is 59.1 Å². The molecule has 2 nitrogen and oxygen atoms in total. The fourth-order valence-electron chi connectivity index (χ4n) is 1.50. The predicted octanol–water partition coefficient (Wildman–Crippen LogP) is 4.05. The Kier molecular flexibility index (Phi) is 3.95. The van der Waals surface area contributed by atoms with E-state index in [4.69, 9.17) is 5.11 Å². The van der Waals surface area contributed by atoms with E-state index in [9.17, 15) is 4.79 Å². The van der Waals surface area contributed by atoms with Crippen molar-refractivity contribution in [1.29, 1.82) is 0 Å². The number of ketones is 1. The van der Waals surface area contributed by atoms with Crippen LogP contribution in [0.25, 0.3) is 6.08 Å². The second-order valence-electron chi connectivity index (χ2n) is 3.80. The summed E-state index contributed by atoms with van der Waals surface area (Å²) in [5.41, 5.74) is 1.51. The number of hydrogen-bond donors (Lipinski definition) is 1. The molecule has 0 aliphatic heterocycles. The van der Waals surface area contributed by atoms with Gasteiger partial charge in [0.2, 0.25) is 0 Å². The summed E-state index contributed by atoms with van der Waals surface area (Å²) in [5.74, 6) is 0.162. The van der Waals surface area contributed by atoms with E-state index in [0.717, 1.165) is 10.0 Å². The smallest absolute Gasteiger partial charge is 0.185 e. The maximum atomic E-state index is 11.9. The number of carbonyl (C=O) groups is 1. The van der Waals surface area contributed by atoms with Crippen LogP contribution in [-0.2, 0) is 0 Å². The zero-order valence-corrected chi connectivity index (χ0v) is 11.1. The van der Waals surface area contributed by atoms with Crippen molar-refractivity contribution in [2.75, 3.05) is 0 Å². The van der Waals surface area contributed by atoms with Gasteiger partial charge in [-0.05, 0) is 35.9 Å². The fourth-order valence-corrected chi connectivity index (χ4v) is 1.89. The van der Waals surface area contributed by atoms with Gasteiger partial charge in [0.05, 0.1) is 0 Å². The molecule has 1 N–H and O–H groups in total. The second-order valence-corrected chi connectivity index (χ2v) is 4.72. The summed E-state index contributed by atoms with van der Waals surface area (Å²) in [6.07, 6.45) is 3.25. The molecule has 0 aromatic heterocycles. The van der Waals surface area contributed by atoms with E-state index in [1.807, 2.05) is 12.1 Å². The lowest BCUT2D eigenvalue weighted by molar-refractivity contribution is 0.104. The molecule has 2 aromatic carbocycles. The quantitative estimate of drug-likeness (QED) is 0.686. The Balaban J connectivity index is 2.14. The van der Waals surface area contributed by atoms with Gasteiger partial charge in [0.1, 0.15) is 5.75 Å². The van der Waals surface area contributed by atoms with E-state index in [2.05, 4.69) is 15.9 Å². The average Bonchev–Trinajstić information content (AvgIpc) is 2.38. The van der Waals surface area contributed by atoms with Gasteiger partial charge in [-0.2, -0.15) is 0 Å². The summed E-state index contributed by atoms with van der Waals surface area (Å²) in [6.45, 7) is 0. The lowest BCUT2D eigenvalue weighted by Gasteiger charge is -1.97. The van der Waals surface area contributed by atoms with Gasteiger partial charge < -0.3 is 5.11 Å². The van der Waals surface area contributed by atoms with E-state index in [1.165, 1.54) is 6.08 Å². The number of phenols is 1. The zero-order chi connectivity index (χ0) is 13.0. The number of benzene rings is 2. The van der Waals surface area contributed by atoms with Crippen LogP contribution in [0.4, 0.5) is 0 Å². The number of aromatic hydroxyl groups is 1. The summed E-state index contributed by atoms with van der Waals surface area (Å²) in [7, 11) is 0. The first kappa shape index (κ1) is 12.6. The zero-order valence-electron chi connectivity index (χ0n) is 9.51. The highest BCUT2D eigenvalue weighted by Gasteiger charge is 2.01. The molecule has 0 aliphatic rings. The SMILES string of the molecule is O=C(/C=C/c1ccc(O)cc1)c1cccc(Br)c1. The van der Waals surface area contributed by atoms with Gasteiger partial charge in [0, 0.05) is 10.0 Å². The molecule has 0 saturated heterocycles. The van der Waals surface area contributed by atoms with Crippen LogP contribution in [0.3, 0.4) is 0 Å². The molecular formula is C15H11BrO2. The van der Waals surface area contributed by atoms with Crippen molar-refractivity contribution in [1.82, 2.24) is 0 Å². The Labute approximate surface area is 114 Å². The molecule has 0 atom stereocenters. The maximum Gasteiger partial charge on any atom is 0.185 e. The first-order valence-corrected chi connectivity index (χ1v) is 6.21. The van der Waals surface area contributed by atoms with E-state index in [0.29, 0.717) is 5.56 Å². The molecule has 0 unspecified atom stereocenters. The molecule has 0 aliphatic carbocycles. The summed E-state index contributed by atoms with van der Waals surface area (Å²) in [5, 5.41) is 9.15. The maximum absolute atomic E-state index is 11.9. The van der Waals surface area contributed by atoms with Crippen LogP contribution in [0.5, 0.6) is 5.75 Å². The fraction of sp³-hybridized carbons (Fsp3) is 0. The first-order valence-electron chi connectivity index (χ1n) is 5.42. The molecule has 0 spiro atoms. The van der Waals surface area contributed by atoms with Crippen LogP contribution in [0.1, 0.15) is 15.9 Å². The molecule has 0 saturated carbocycles. The minimum absolute atomic E-state index is 0.0515. The van der Waals surface area contributed by atoms with E-state index in [-0.39, 0.29) is 11.5 Å². The van der Waals surface area contributed by atoms with Crippen molar-refractivity contribution in [2.45, 2.75) is 0 Å². The molecule has 3 heteroatoms. The van der Waals surface area contributed by atoms with Gasteiger partial charge in [-0.25, -0.2) is 0 Å². The third-order valence-electron chi connectivity index (χ3n) is 2.43. The van der Waals surface area contributed by atoms with Crippen molar-refractivity contribution in [2.24, 2.45) is 0 Å². The summed E-state index contributed by atoms with van der Waals surface area (Å²) >= 11 is 3.33. The van der Waals surface area contributed by atoms with Crippen LogP contribution in [0, 0.1) is 0 Å². The van der Waals surface area contributed by atoms with Crippen LogP contribution in [0.2, 0.25) is 0 Å². The van der Waals surface area contributed by atoms with Crippen LogP contribution < -0.4 is 0 Å². The van der Waals surface area contributed by atoms with Crippen molar-refractivity contribution in [3.63, 3.8) is 0 Å². The number of rotatable bonds is 3. The monoisotopic (exact) mass is 302 g/mol. The molecule has 0 radical (unpaired) electrons. The lowest BCUT2D eigenvalue weighted by Crippen LogP contribution is -1.93. The average molecular weight is 303 g/mol. The third kappa shape index (κ3) is 3.31. The molecule has 0 amide bonds. The van der Waals surface area contributed by atoms with Gasteiger partial charge in [-0.15, -0.1) is 0 Å². The molecule has 90 valence electrons. The molecule has 0 fully saturated rings. The normalized spacial score (nSPS) is 10.7. The molecule has 2 rings (SSSR count). The Bertz CT molecular complexity index is 586. The third-order valence-corrected chi connectivity index (χ3v) is 2.92. The first-order chi connectivity index (χ1) is 8.65. The van der Waals surface area contributed by atoms with Gasteiger partial charge in [0.15, 0.2) is 5.78 Å². The molecular weight excluding hydrogens is 292 g/mol. The van der Waals surface area contributed by atoms with Crippen LogP contribution >= 0.6 is 15.9 Å². The number of hydrogen-bond acceptors (Lipinski definition) is 2. The minimum atomic E-state index is -0.0515. The van der Waals surface area contributed by atoms with E-state index >= 15 is 0 Å². The topological polar surface area (TPSA) is 37.3 Å².